The molecule has 3 rings (SSSR count). The summed E-state index contributed by atoms with van der Waals surface area (Å²) in [6.45, 7) is 4.27. The van der Waals surface area contributed by atoms with Gasteiger partial charge in [0.05, 0.1) is 5.69 Å². The molecule has 0 unspecified atom stereocenters. The Labute approximate surface area is 90.5 Å². The molecule has 0 fully saturated rings. The van der Waals surface area contributed by atoms with Crippen molar-refractivity contribution < 1.29 is 0 Å². The van der Waals surface area contributed by atoms with E-state index in [1.807, 2.05) is 0 Å². The van der Waals surface area contributed by atoms with Crippen LogP contribution >= 0.6 is 12.4 Å². The standard InChI is InChI=1S/C11H14N2.ClH/c1-7-8-3-2-4-10(8)13-11-6-12-5-9(7)11;/h12H,2-6H2,1H3;1H. The lowest BCUT2D eigenvalue weighted by molar-refractivity contribution is 0.754. The van der Waals surface area contributed by atoms with Crippen molar-refractivity contribution in [2.45, 2.75) is 39.3 Å². The summed E-state index contributed by atoms with van der Waals surface area (Å²) in [7, 11) is 0. The third kappa shape index (κ3) is 1.25. The summed E-state index contributed by atoms with van der Waals surface area (Å²) in [4.78, 5) is 4.73. The molecule has 1 N–H and O–H groups in total. The highest BCUT2D eigenvalue weighted by atomic mass is 35.5. The number of halogens is 1. The molecule has 0 bridgehead atoms. The number of nitrogens with zero attached hydrogens (tertiary/aromatic N) is 1. The fraction of sp³-hybridized carbons (Fsp3) is 0.545. The molecule has 2 aliphatic rings. The number of hydrogen-bond donors (Lipinski definition) is 1. The monoisotopic (exact) mass is 210 g/mol. The number of aryl methyl sites for hydroxylation is 1. The lowest BCUT2D eigenvalue weighted by Gasteiger charge is -2.08. The minimum atomic E-state index is 0. The van der Waals surface area contributed by atoms with Gasteiger partial charge in [-0.15, -0.1) is 12.4 Å². The Morgan fingerprint density at radius 2 is 1.93 bits per heavy atom. The summed E-state index contributed by atoms with van der Waals surface area (Å²) in [6, 6.07) is 0. The smallest absolute Gasteiger partial charge is 0.0592 e. The predicted octanol–water partition coefficient (Wildman–Crippen LogP) is 1.90. The molecule has 2 heterocycles. The minimum Gasteiger partial charge on any atom is -0.307 e. The number of aromatic nitrogens is 1. The molecule has 0 spiro atoms. The van der Waals surface area contributed by atoms with Gasteiger partial charge in [-0.3, -0.25) is 4.98 Å². The molecule has 0 radical (unpaired) electrons. The molecule has 0 saturated heterocycles. The topological polar surface area (TPSA) is 24.9 Å². The Morgan fingerprint density at radius 3 is 2.79 bits per heavy atom. The first-order chi connectivity index (χ1) is 6.36. The van der Waals surface area contributed by atoms with Gasteiger partial charge in [0.15, 0.2) is 0 Å². The van der Waals surface area contributed by atoms with Gasteiger partial charge in [0.25, 0.3) is 0 Å². The van der Waals surface area contributed by atoms with Crippen LogP contribution in [0.15, 0.2) is 0 Å². The maximum absolute atomic E-state index is 4.73. The van der Waals surface area contributed by atoms with E-state index in [2.05, 4.69) is 12.2 Å². The number of pyridine rings is 1. The highest BCUT2D eigenvalue weighted by Crippen LogP contribution is 2.29. The van der Waals surface area contributed by atoms with Crippen molar-refractivity contribution in [2.75, 3.05) is 0 Å². The Balaban J connectivity index is 0.000000750. The first kappa shape index (κ1) is 9.94. The third-order valence-corrected chi connectivity index (χ3v) is 3.31. The first-order valence-electron chi connectivity index (χ1n) is 5.07. The summed E-state index contributed by atoms with van der Waals surface area (Å²) in [5.41, 5.74) is 7.21. The Hall–Kier alpha value is -0.600. The lowest BCUT2D eigenvalue weighted by atomic mass is 10.0. The van der Waals surface area contributed by atoms with Crippen molar-refractivity contribution in [3.05, 3.63) is 28.1 Å². The zero-order valence-electron chi connectivity index (χ0n) is 8.39. The molecule has 1 aliphatic heterocycles. The van der Waals surface area contributed by atoms with Crippen LogP contribution in [0.5, 0.6) is 0 Å². The molecule has 1 aliphatic carbocycles. The number of fused-ring (bicyclic) bond motifs is 2. The highest BCUT2D eigenvalue weighted by molar-refractivity contribution is 5.85. The number of hydrogen-bond acceptors (Lipinski definition) is 2. The first-order valence-corrected chi connectivity index (χ1v) is 5.07. The van der Waals surface area contributed by atoms with E-state index in [0.717, 1.165) is 13.1 Å². The minimum absolute atomic E-state index is 0. The quantitative estimate of drug-likeness (QED) is 0.708. The van der Waals surface area contributed by atoms with E-state index in [0.29, 0.717) is 0 Å². The molecule has 2 nitrogen and oxygen atoms in total. The van der Waals surface area contributed by atoms with E-state index < -0.39 is 0 Å². The van der Waals surface area contributed by atoms with Crippen LogP contribution in [0.25, 0.3) is 0 Å². The van der Waals surface area contributed by atoms with E-state index >= 15 is 0 Å². The van der Waals surface area contributed by atoms with Crippen LogP contribution in [0.2, 0.25) is 0 Å². The maximum atomic E-state index is 4.73. The van der Waals surface area contributed by atoms with E-state index in [9.17, 15) is 0 Å². The van der Waals surface area contributed by atoms with Gasteiger partial charge in [-0.2, -0.15) is 0 Å². The van der Waals surface area contributed by atoms with Crippen LogP contribution in [-0.4, -0.2) is 4.98 Å². The van der Waals surface area contributed by atoms with E-state index in [1.54, 1.807) is 5.56 Å². The summed E-state index contributed by atoms with van der Waals surface area (Å²) in [5, 5.41) is 3.37. The van der Waals surface area contributed by atoms with Crippen molar-refractivity contribution in [1.82, 2.24) is 10.3 Å². The van der Waals surface area contributed by atoms with Crippen LogP contribution in [0.1, 0.15) is 34.5 Å². The molecule has 1 aromatic heterocycles. The zero-order chi connectivity index (χ0) is 8.84. The number of rotatable bonds is 0. The van der Waals surface area contributed by atoms with Crippen LogP contribution < -0.4 is 5.32 Å². The molecule has 0 atom stereocenters. The fourth-order valence-electron chi connectivity index (χ4n) is 2.57. The van der Waals surface area contributed by atoms with Gasteiger partial charge in [-0.05, 0) is 42.9 Å². The molecule has 76 valence electrons. The van der Waals surface area contributed by atoms with Gasteiger partial charge >= 0.3 is 0 Å². The van der Waals surface area contributed by atoms with Crippen molar-refractivity contribution in [3.63, 3.8) is 0 Å². The zero-order valence-corrected chi connectivity index (χ0v) is 9.21. The maximum Gasteiger partial charge on any atom is 0.0592 e. The van der Waals surface area contributed by atoms with E-state index in [1.165, 1.54) is 41.8 Å². The van der Waals surface area contributed by atoms with Crippen LogP contribution in [0.3, 0.4) is 0 Å². The second-order valence-electron chi connectivity index (χ2n) is 4.04. The van der Waals surface area contributed by atoms with Gasteiger partial charge in [-0.1, -0.05) is 0 Å². The fourth-order valence-corrected chi connectivity index (χ4v) is 2.57. The Kier molecular flexibility index (Phi) is 2.50. The van der Waals surface area contributed by atoms with Gasteiger partial charge in [0, 0.05) is 18.8 Å². The molecule has 0 saturated carbocycles. The molecule has 0 amide bonds. The van der Waals surface area contributed by atoms with E-state index in [4.69, 9.17) is 4.98 Å². The molecule has 0 aromatic carbocycles. The van der Waals surface area contributed by atoms with Crippen LogP contribution in [0.4, 0.5) is 0 Å². The third-order valence-electron chi connectivity index (χ3n) is 3.31. The van der Waals surface area contributed by atoms with Crippen molar-refractivity contribution >= 4 is 12.4 Å². The van der Waals surface area contributed by atoms with E-state index in [-0.39, 0.29) is 12.4 Å². The van der Waals surface area contributed by atoms with Gasteiger partial charge < -0.3 is 5.32 Å². The van der Waals surface area contributed by atoms with Crippen LogP contribution in [0, 0.1) is 6.92 Å². The SMILES string of the molecule is Cc1c2c(nc3c1CNC3)CCC2.Cl. The summed E-state index contributed by atoms with van der Waals surface area (Å²) in [5.74, 6) is 0. The van der Waals surface area contributed by atoms with Gasteiger partial charge in [0.2, 0.25) is 0 Å². The highest BCUT2D eigenvalue weighted by Gasteiger charge is 2.22. The molecule has 14 heavy (non-hydrogen) atoms. The predicted molar refractivity (Wildman–Crippen MR) is 58.8 cm³/mol. The average molecular weight is 211 g/mol. The lowest BCUT2D eigenvalue weighted by Crippen LogP contribution is -2.00. The molecular formula is C11H15ClN2. The van der Waals surface area contributed by atoms with Crippen molar-refractivity contribution in [3.8, 4) is 0 Å². The molecule has 3 heteroatoms. The van der Waals surface area contributed by atoms with Gasteiger partial charge in [-0.25, -0.2) is 0 Å². The molecular weight excluding hydrogens is 196 g/mol. The van der Waals surface area contributed by atoms with Crippen molar-refractivity contribution in [2.24, 2.45) is 0 Å². The Morgan fingerprint density at radius 1 is 1.07 bits per heavy atom. The van der Waals surface area contributed by atoms with Crippen molar-refractivity contribution in [1.29, 1.82) is 0 Å². The summed E-state index contributed by atoms with van der Waals surface area (Å²) >= 11 is 0. The second-order valence-corrected chi connectivity index (χ2v) is 4.04. The summed E-state index contributed by atoms with van der Waals surface area (Å²) < 4.78 is 0. The average Bonchev–Trinajstić information content (AvgIpc) is 2.71. The number of nitrogens with one attached hydrogen (secondary N) is 1. The van der Waals surface area contributed by atoms with Crippen LogP contribution in [-0.2, 0) is 25.9 Å². The summed E-state index contributed by atoms with van der Waals surface area (Å²) in [6.07, 6.45) is 3.75. The van der Waals surface area contributed by atoms with Gasteiger partial charge in [0.1, 0.15) is 0 Å². The normalized spacial score (nSPS) is 17.5. The largest absolute Gasteiger partial charge is 0.307 e. The molecule has 1 aromatic rings. The Bertz CT molecular complexity index is 342. The second kappa shape index (κ2) is 3.52.